The van der Waals surface area contributed by atoms with Crippen LogP contribution in [0, 0.1) is 0 Å². The van der Waals surface area contributed by atoms with E-state index in [9.17, 15) is 4.79 Å². The molecule has 1 atom stereocenters. The van der Waals surface area contributed by atoms with Gasteiger partial charge in [-0.25, -0.2) is 0 Å². The first kappa shape index (κ1) is 20.5. The highest BCUT2D eigenvalue weighted by Gasteiger charge is 2.17. The SMILES string of the molecule is COc1ncnn1-c1cc(C(=O)NC(C)c2cnccn2)cc(-c2ccc(Cl)cc2)c1. The number of nitrogens with one attached hydrogen (secondary N) is 1. The maximum absolute atomic E-state index is 13.1. The molecule has 0 bridgehead atoms. The highest BCUT2D eigenvalue weighted by Crippen LogP contribution is 2.27. The second-order valence-corrected chi connectivity index (χ2v) is 7.20. The molecule has 0 radical (unpaired) electrons. The molecule has 0 spiro atoms. The summed E-state index contributed by atoms with van der Waals surface area (Å²) in [6.07, 6.45) is 6.20. The van der Waals surface area contributed by atoms with Gasteiger partial charge in [-0.1, -0.05) is 23.7 Å². The van der Waals surface area contributed by atoms with Crippen LogP contribution in [0.5, 0.6) is 6.01 Å². The van der Waals surface area contributed by atoms with Crippen LogP contribution in [-0.4, -0.2) is 37.7 Å². The van der Waals surface area contributed by atoms with Gasteiger partial charge < -0.3 is 10.1 Å². The number of amides is 1. The number of carbonyl (C=O) groups is 1. The molecule has 4 rings (SSSR count). The maximum Gasteiger partial charge on any atom is 0.319 e. The number of hydrogen-bond donors (Lipinski definition) is 1. The molecule has 2 heterocycles. The second-order valence-electron chi connectivity index (χ2n) is 6.76. The molecule has 1 amide bonds. The van der Waals surface area contributed by atoms with E-state index in [1.807, 2.05) is 31.2 Å². The normalized spacial score (nSPS) is 11.7. The first-order valence-corrected chi connectivity index (χ1v) is 9.85. The fraction of sp³-hybridized carbons (Fsp3) is 0.136. The zero-order chi connectivity index (χ0) is 21.8. The summed E-state index contributed by atoms with van der Waals surface area (Å²) < 4.78 is 6.81. The number of hydrogen-bond acceptors (Lipinski definition) is 6. The van der Waals surface area contributed by atoms with Crippen molar-refractivity contribution in [1.82, 2.24) is 30.0 Å². The van der Waals surface area contributed by atoms with Crippen molar-refractivity contribution in [2.45, 2.75) is 13.0 Å². The molecule has 4 aromatic rings. The van der Waals surface area contributed by atoms with Gasteiger partial charge in [-0.3, -0.25) is 14.8 Å². The molecule has 0 aliphatic rings. The van der Waals surface area contributed by atoms with Crippen molar-refractivity contribution in [3.05, 3.63) is 83.7 Å². The molecule has 0 saturated heterocycles. The molecule has 9 heteroatoms. The van der Waals surface area contributed by atoms with Crippen LogP contribution in [0.1, 0.15) is 29.0 Å². The van der Waals surface area contributed by atoms with Gasteiger partial charge in [-0.15, -0.1) is 0 Å². The van der Waals surface area contributed by atoms with Crippen molar-refractivity contribution >= 4 is 17.5 Å². The summed E-state index contributed by atoms with van der Waals surface area (Å²) in [4.78, 5) is 25.5. The smallest absolute Gasteiger partial charge is 0.319 e. The lowest BCUT2D eigenvalue weighted by Gasteiger charge is -2.15. The predicted octanol–water partition coefficient (Wildman–Crippen LogP) is 3.88. The number of rotatable bonds is 6. The van der Waals surface area contributed by atoms with Crippen molar-refractivity contribution in [3.63, 3.8) is 0 Å². The van der Waals surface area contributed by atoms with Gasteiger partial charge in [0.05, 0.1) is 30.7 Å². The predicted molar refractivity (Wildman–Crippen MR) is 116 cm³/mol. The van der Waals surface area contributed by atoms with Crippen LogP contribution in [0.15, 0.2) is 67.4 Å². The molecule has 1 N–H and O–H groups in total. The fourth-order valence-electron chi connectivity index (χ4n) is 3.11. The Kier molecular flexibility index (Phi) is 5.90. The molecule has 8 nitrogen and oxygen atoms in total. The van der Waals surface area contributed by atoms with E-state index in [1.54, 1.807) is 36.8 Å². The Morgan fingerprint density at radius 3 is 2.61 bits per heavy atom. The van der Waals surface area contributed by atoms with Crippen LogP contribution in [0.4, 0.5) is 0 Å². The average Bonchev–Trinajstić information content (AvgIpc) is 3.29. The van der Waals surface area contributed by atoms with Gasteiger partial charge in [0.25, 0.3) is 5.91 Å². The summed E-state index contributed by atoms with van der Waals surface area (Å²) in [5, 5.41) is 7.82. The van der Waals surface area contributed by atoms with Gasteiger partial charge in [0.1, 0.15) is 6.33 Å². The minimum Gasteiger partial charge on any atom is -0.467 e. The van der Waals surface area contributed by atoms with Crippen LogP contribution < -0.4 is 10.1 Å². The zero-order valence-electron chi connectivity index (χ0n) is 16.9. The van der Waals surface area contributed by atoms with E-state index in [2.05, 4.69) is 25.4 Å². The van der Waals surface area contributed by atoms with Gasteiger partial charge in [0.2, 0.25) is 0 Å². The van der Waals surface area contributed by atoms with Crippen molar-refractivity contribution in [3.8, 4) is 22.8 Å². The summed E-state index contributed by atoms with van der Waals surface area (Å²) >= 11 is 6.03. The van der Waals surface area contributed by atoms with E-state index in [0.29, 0.717) is 28.0 Å². The standard InChI is InChI=1S/C22H19ClN6O2/c1-14(20-12-24-7-8-25-20)28-21(30)17-9-16(15-3-5-18(23)6-4-15)10-19(11-17)29-22(31-2)26-13-27-29/h3-14H,1-2H3,(H,28,30). The number of nitrogens with zero attached hydrogens (tertiary/aromatic N) is 5. The Morgan fingerprint density at radius 2 is 1.90 bits per heavy atom. The summed E-state index contributed by atoms with van der Waals surface area (Å²) in [6.45, 7) is 1.85. The lowest BCUT2D eigenvalue weighted by molar-refractivity contribution is 0.0939. The maximum atomic E-state index is 13.1. The van der Waals surface area contributed by atoms with E-state index in [1.165, 1.54) is 18.1 Å². The molecule has 0 saturated carbocycles. The topological polar surface area (TPSA) is 94.8 Å². The van der Waals surface area contributed by atoms with Gasteiger partial charge >= 0.3 is 6.01 Å². The summed E-state index contributed by atoms with van der Waals surface area (Å²) in [5.74, 6) is -0.255. The Labute approximate surface area is 183 Å². The molecule has 0 aliphatic carbocycles. The Balaban J connectivity index is 1.74. The van der Waals surface area contributed by atoms with E-state index in [0.717, 1.165) is 11.1 Å². The molecule has 2 aromatic carbocycles. The summed E-state index contributed by atoms with van der Waals surface area (Å²) in [6, 6.07) is 12.8. The first-order valence-electron chi connectivity index (χ1n) is 9.47. The van der Waals surface area contributed by atoms with Gasteiger partial charge in [-0.05, 0) is 48.4 Å². The van der Waals surface area contributed by atoms with E-state index in [4.69, 9.17) is 16.3 Å². The Hall–Kier alpha value is -3.78. The van der Waals surface area contributed by atoms with Crippen LogP contribution in [0.2, 0.25) is 5.02 Å². The number of aromatic nitrogens is 5. The molecule has 0 aliphatic heterocycles. The molecule has 2 aromatic heterocycles. The van der Waals surface area contributed by atoms with E-state index < -0.39 is 0 Å². The van der Waals surface area contributed by atoms with Crippen LogP contribution >= 0.6 is 11.6 Å². The largest absolute Gasteiger partial charge is 0.467 e. The van der Waals surface area contributed by atoms with Gasteiger partial charge in [0, 0.05) is 23.0 Å². The third-order valence-electron chi connectivity index (χ3n) is 4.68. The average molecular weight is 435 g/mol. The number of benzene rings is 2. The van der Waals surface area contributed by atoms with E-state index in [-0.39, 0.29) is 11.9 Å². The number of methoxy groups -OCH3 is 1. The summed E-state index contributed by atoms with van der Waals surface area (Å²) in [5.41, 5.74) is 3.49. The highest BCUT2D eigenvalue weighted by molar-refractivity contribution is 6.30. The van der Waals surface area contributed by atoms with Crippen molar-refractivity contribution in [2.75, 3.05) is 7.11 Å². The minimum absolute atomic E-state index is 0.255. The number of halogens is 1. The van der Waals surface area contributed by atoms with Gasteiger partial charge in [-0.2, -0.15) is 14.8 Å². The molecule has 156 valence electrons. The second kappa shape index (κ2) is 8.93. The Bertz CT molecular complexity index is 1190. The van der Waals surface area contributed by atoms with Crippen molar-refractivity contribution < 1.29 is 9.53 Å². The third-order valence-corrected chi connectivity index (χ3v) is 4.93. The molecule has 31 heavy (non-hydrogen) atoms. The monoisotopic (exact) mass is 434 g/mol. The molecular formula is C22H19ClN6O2. The number of carbonyl (C=O) groups excluding carboxylic acids is 1. The van der Waals surface area contributed by atoms with Crippen LogP contribution in [0.25, 0.3) is 16.8 Å². The quantitative estimate of drug-likeness (QED) is 0.495. The highest BCUT2D eigenvalue weighted by atomic mass is 35.5. The minimum atomic E-state index is -0.315. The first-order chi connectivity index (χ1) is 15.0. The van der Waals surface area contributed by atoms with Crippen molar-refractivity contribution in [1.29, 1.82) is 0 Å². The van der Waals surface area contributed by atoms with Crippen LogP contribution in [0.3, 0.4) is 0 Å². The summed E-state index contributed by atoms with van der Waals surface area (Å²) in [7, 11) is 1.51. The van der Waals surface area contributed by atoms with E-state index >= 15 is 0 Å². The lowest BCUT2D eigenvalue weighted by atomic mass is 10.0. The van der Waals surface area contributed by atoms with Crippen LogP contribution in [-0.2, 0) is 0 Å². The molecule has 1 unspecified atom stereocenters. The lowest BCUT2D eigenvalue weighted by Crippen LogP contribution is -2.27. The third kappa shape index (κ3) is 4.54. The zero-order valence-corrected chi connectivity index (χ0v) is 17.6. The molecular weight excluding hydrogens is 416 g/mol. The molecule has 0 fully saturated rings. The van der Waals surface area contributed by atoms with Crippen molar-refractivity contribution in [2.24, 2.45) is 0 Å². The van der Waals surface area contributed by atoms with Gasteiger partial charge in [0.15, 0.2) is 0 Å². The number of ether oxygens (including phenoxy) is 1. The Morgan fingerprint density at radius 1 is 1.10 bits per heavy atom. The fourth-order valence-corrected chi connectivity index (χ4v) is 3.23.